The summed E-state index contributed by atoms with van der Waals surface area (Å²) < 4.78 is 0. The van der Waals surface area contributed by atoms with Gasteiger partial charge in [0.15, 0.2) is 0 Å². The Hall–Kier alpha value is -1.26. The molecule has 0 aliphatic heterocycles. The van der Waals surface area contributed by atoms with Crippen LogP contribution < -0.4 is 0 Å². The van der Waals surface area contributed by atoms with Crippen molar-refractivity contribution in [2.75, 3.05) is 13.6 Å². The van der Waals surface area contributed by atoms with Gasteiger partial charge >= 0.3 is 12.0 Å². The lowest BCUT2D eigenvalue weighted by Crippen LogP contribution is -2.51. The molecule has 1 N–H and O–H groups in total. The Bertz CT molecular complexity index is 335. The summed E-state index contributed by atoms with van der Waals surface area (Å²) in [6, 6.07) is 0.134. The van der Waals surface area contributed by atoms with E-state index in [9.17, 15) is 9.59 Å². The largest absolute Gasteiger partial charge is 0.481 e. The van der Waals surface area contributed by atoms with E-state index in [1.54, 1.807) is 9.80 Å². The second kappa shape index (κ2) is 7.50. The number of carbonyl (C=O) groups excluding carboxylic acids is 1. The highest BCUT2D eigenvalue weighted by molar-refractivity contribution is 5.75. The average molecular weight is 286 g/mol. The van der Waals surface area contributed by atoms with Gasteiger partial charge in [0, 0.05) is 32.1 Å². The minimum absolute atomic E-state index is 0.00806. The molecule has 1 unspecified atom stereocenters. The first kappa shape index (κ1) is 18.7. The van der Waals surface area contributed by atoms with E-state index in [0.717, 1.165) is 0 Å². The molecule has 0 aromatic heterocycles. The lowest BCUT2D eigenvalue weighted by molar-refractivity contribution is -0.137. The molecule has 0 saturated carbocycles. The lowest BCUT2D eigenvalue weighted by atomic mass is 9.87. The third-order valence-corrected chi connectivity index (χ3v) is 3.79. The molecule has 0 fully saturated rings. The topological polar surface area (TPSA) is 60.9 Å². The number of rotatable bonds is 6. The van der Waals surface area contributed by atoms with Crippen LogP contribution in [0.15, 0.2) is 0 Å². The van der Waals surface area contributed by atoms with E-state index in [2.05, 4.69) is 20.8 Å². The number of urea groups is 1. The van der Waals surface area contributed by atoms with Crippen LogP contribution in [0.1, 0.15) is 54.4 Å². The molecule has 0 aromatic rings. The Morgan fingerprint density at radius 1 is 1.15 bits per heavy atom. The van der Waals surface area contributed by atoms with Crippen LogP contribution in [0.5, 0.6) is 0 Å². The van der Waals surface area contributed by atoms with Crippen LogP contribution in [0.25, 0.3) is 0 Å². The fourth-order valence-corrected chi connectivity index (χ4v) is 1.92. The number of hydrogen-bond donors (Lipinski definition) is 1. The van der Waals surface area contributed by atoms with E-state index < -0.39 is 5.97 Å². The first-order chi connectivity index (χ1) is 8.98. The standard InChI is InChI=1S/C15H30N2O3/c1-11(2)17(10-8-9-13(18)19)14(20)16(7)12(3)15(4,5)6/h11-12H,8-10H2,1-7H3,(H,18,19). The summed E-state index contributed by atoms with van der Waals surface area (Å²) in [5.74, 6) is -0.822. The molecule has 5 nitrogen and oxygen atoms in total. The predicted molar refractivity (Wildman–Crippen MR) is 80.8 cm³/mol. The molecule has 0 aliphatic rings. The predicted octanol–water partition coefficient (Wildman–Crippen LogP) is 3.05. The van der Waals surface area contributed by atoms with Crippen molar-refractivity contribution in [3.63, 3.8) is 0 Å². The quantitative estimate of drug-likeness (QED) is 0.816. The van der Waals surface area contributed by atoms with Gasteiger partial charge in [-0.05, 0) is 32.6 Å². The molecule has 0 bridgehead atoms. The Morgan fingerprint density at radius 3 is 2.00 bits per heavy atom. The summed E-state index contributed by atoms with van der Waals surface area (Å²) >= 11 is 0. The van der Waals surface area contributed by atoms with Crippen LogP contribution in [0, 0.1) is 5.41 Å². The van der Waals surface area contributed by atoms with Gasteiger partial charge in [0.25, 0.3) is 0 Å². The van der Waals surface area contributed by atoms with Crippen LogP contribution in [-0.2, 0) is 4.79 Å². The number of hydrogen-bond acceptors (Lipinski definition) is 2. The SMILES string of the molecule is CC(C)N(CCCC(=O)O)C(=O)N(C)C(C)C(C)(C)C. The third kappa shape index (κ3) is 5.80. The molecule has 118 valence electrons. The van der Waals surface area contributed by atoms with Gasteiger partial charge < -0.3 is 14.9 Å². The van der Waals surface area contributed by atoms with Gasteiger partial charge in [-0.1, -0.05) is 20.8 Å². The van der Waals surface area contributed by atoms with Gasteiger partial charge in [0.2, 0.25) is 0 Å². The number of nitrogens with zero attached hydrogens (tertiary/aromatic N) is 2. The van der Waals surface area contributed by atoms with Crippen molar-refractivity contribution in [2.45, 2.75) is 66.5 Å². The van der Waals surface area contributed by atoms with Crippen molar-refractivity contribution in [1.82, 2.24) is 9.80 Å². The highest BCUT2D eigenvalue weighted by atomic mass is 16.4. The summed E-state index contributed by atoms with van der Waals surface area (Å²) in [5.41, 5.74) is 0.00806. The Labute approximate surface area is 122 Å². The monoisotopic (exact) mass is 286 g/mol. The van der Waals surface area contributed by atoms with E-state index in [1.807, 2.05) is 27.8 Å². The number of carboxylic acid groups (broad SMARTS) is 1. The van der Waals surface area contributed by atoms with E-state index in [0.29, 0.717) is 13.0 Å². The fourth-order valence-electron chi connectivity index (χ4n) is 1.92. The maximum absolute atomic E-state index is 12.6. The first-order valence-corrected chi connectivity index (χ1v) is 7.23. The summed E-state index contributed by atoms with van der Waals surface area (Å²) in [5, 5.41) is 8.69. The van der Waals surface area contributed by atoms with Gasteiger partial charge in [-0.25, -0.2) is 4.79 Å². The molecular formula is C15H30N2O3. The molecule has 0 aliphatic carbocycles. The molecular weight excluding hydrogens is 256 g/mol. The van der Waals surface area contributed by atoms with Crippen molar-refractivity contribution in [1.29, 1.82) is 0 Å². The molecule has 0 heterocycles. The number of aliphatic carboxylic acids is 1. The van der Waals surface area contributed by atoms with E-state index in [1.165, 1.54) is 0 Å². The normalized spacial score (nSPS) is 13.2. The van der Waals surface area contributed by atoms with E-state index in [4.69, 9.17) is 5.11 Å². The summed E-state index contributed by atoms with van der Waals surface area (Å²) in [7, 11) is 1.81. The number of carboxylic acids is 1. The van der Waals surface area contributed by atoms with Gasteiger partial charge in [0.1, 0.15) is 0 Å². The molecule has 0 aromatic carbocycles. The van der Waals surface area contributed by atoms with Crippen molar-refractivity contribution < 1.29 is 14.7 Å². The van der Waals surface area contributed by atoms with E-state index in [-0.39, 0.29) is 30.0 Å². The van der Waals surface area contributed by atoms with Crippen molar-refractivity contribution in [3.8, 4) is 0 Å². The number of amides is 2. The van der Waals surface area contributed by atoms with Gasteiger partial charge in [-0.15, -0.1) is 0 Å². The lowest BCUT2D eigenvalue weighted by Gasteiger charge is -2.39. The van der Waals surface area contributed by atoms with Crippen LogP contribution in [0.2, 0.25) is 0 Å². The molecule has 2 amide bonds. The fraction of sp³-hybridized carbons (Fsp3) is 0.867. The zero-order valence-corrected chi connectivity index (χ0v) is 13.9. The summed E-state index contributed by atoms with van der Waals surface area (Å²) in [6.45, 7) is 12.7. The maximum atomic E-state index is 12.6. The zero-order chi connectivity index (χ0) is 16.1. The molecule has 0 spiro atoms. The van der Waals surface area contributed by atoms with Crippen LogP contribution in [0.4, 0.5) is 4.79 Å². The minimum atomic E-state index is -0.822. The summed E-state index contributed by atoms with van der Waals surface area (Å²) in [6.07, 6.45) is 0.575. The van der Waals surface area contributed by atoms with Crippen molar-refractivity contribution >= 4 is 12.0 Å². The first-order valence-electron chi connectivity index (χ1n) is 7.23. The van der Waals surface area contributed by atoms with Gasteiger partial charge in [0.05, 0.1) is 0 Å². The van der Waals surface area contributed by atoms with Gasteiger partial charge in [-0.3, -0.25) is 4.79 Å². The van der Waals surface area contributed by atoms with Crippen LogP contribution in [-0.4, -0.2) is 52.6 Å². The molecule has 5 heteroatoms. The highest BCUT2D eigenvalue weighted by Crippen LogP contribution is 2.24. The molecule has 0 rings (SSSR count). The Morgan fingerprint density at radius 2 is 1.65 bits per heavy atom. The summed E-state index contributed by atoms with van der Waals surface area (Å²) in [4.78, 5) is 26.6. The highest BCUT2D eigenvalue weighted by Gasteiger charge is 2.30. The minimum Gasteiger partial charge on any atom is -0.481 e. The Balaban J connectivity index is 4.75. The van der Waals surface area contributed by atoms with Crippen molar-refractivity contribution in [2.24, 2.45) is 5.41 Å². The second-order valence-corrected chi connectivity index (χ2v) is 6.72. The number of carbonyl (C=O) groups is 2. The molecule has 0 saturated heterocycles. The Kier molecular flexibility index (Phi) is 7.03. The molecule has 0 radical (unpaired) electrons. The van der Waals surface area contributed by atoms with Crippen LogP contribution in [0.3, 0.4) is 0 Å². The second-order valence-electron chi connectivity index (χ2n) is 6.72. The maximum Gasteiger partial charge on any atom is 0.320 e. The van der Waals surface area contributed by atoms with Gasteiger partial charge in [-0.2, -0.15) is 0 Å². The molecule has 1 atom stereocenters. The zero-order valence-electron chi connectivity index (χ0n) is 13.9. The third-order valence-electron chi connectivity index (χ3n) is 3.79. The van der Waals surface area contributed by atoms with E-state index >= 15 is 0 Å². The van der Waals surface area contributed by atoms with Crippen molar-refractivity contribution in [3.05, 3.63) is 0 Å². The van der Waals surface area contributed by atoms with Crippen LogP contribution >= 0.6 is 0 Å². The average Bonchev–Trinajstić information content (AvgIpc) is 2.30. The smallest absolute Gasteiger partial charge is 0.320 e. The molecule has 20 heavy (non-hydrogen) atoms.